The van der Waals surface area contributed by atoms with Gasteiger partial charge in [-0.25, -0.2) is 0 Å². The topological polar surface area (TPSA) is 38.0 Å². The Labute approximate surface area is 104 Å². The summed E-state index contributed by atoms with van der Waals surface area (Å²) in [4.78, 5) is 0. The van der Waals surface area contributed by atoms with Gasteiger partial charge in [0.2, 0.25) is 0 Å². The number of nitrogens with one attached hydrogen (secondary N) is 1. The molecule has 0 spiro atoms. The minimum Gasteiger partial charge on any atom is -0.271 e. The molecule has 0 aromatic carbocycles. The summed E-state index contributed by atoms with van der Waals surface area (Å²) in [5.41, 5.74) is 4.17. The van der Waals surface area contributed by atoms with Gasteiger partial charge in [-0.2, -0.15) is 0 Å². The molecule has 1 aromatic rings. The summed E-state index contributed by atoms with van der Waals surface area (Å²) in [6.45, 7) is 0. The van der Waals surface area contributed by atoms with Crippen LogP contribution in [0.3, 0.4) is 0 Å². The molecule has 5 heteroatoms. The van der Waals surface area contributed by atoms with E-state index < -0.39 is 0 Å². The smallest absolute Gasteiger partial charge is 0.0758 e. The van der Waals surface area contributed by atoms with Gasteiger partial charge < -0.3 is 0 Å². The highest BCUT2D eigenvalue weighted by atomic mass is 79.9. The van der Waals surface area contributed by atoms with Crippen LogP contribution in [0.4, 0.5) is 0 Å². The summed E-state index contributed by atoms with van der Waals surface area (Å²) in [5.74, 6) is 6.45. The molecule has 1 aliphatic rings. The largest absolute Gasteiger partial charge is 0.271 e. The van der Waals surface area contributed by atoms with Crippen molar-refractivity contribution in [2.75, 3.05) is 0 Å². The van der Waals surface area contributed by atoms with Crippen molar-refractivity contribution in [3.8, 4) is 0 Å². The molecule has 0 amide bonds. The first-order valence-electron chi connectivity index (χ1n) is 4.61. The first-order valence-corrected chi connectivity index (χ1v) is 7.02. The van der Waals surface area contributed by atoms with Gasteiger partial charge in [0.25, 0.3) is 0 Å². The Morgan fingerprint density at radius 2 is 2.29 bits per heavy atom. The molecule has 1 saturated carbocycles. The molecule has 1 aromatic heterocycles. The molecule has 0 radical (unpaired) electrons. The minimum atomic E-state index is 0.291. The van der Waals surface area contributed by atoms with E-state index in [1.54, 1.807) is 11.3 Å². The summed E-state index contributed by atoms with van der Waals surface area (Å²) in [6, 6.07) is 2.43. The molecule has 0 saturated heterocycles. The molecule has 1 fully saturated rings. The Morgan fingerprint density at radius 1 is 1.57 bits per heavy atom. The highest BCUT2D eigenvalue weighted by Crippen LogP contribution is 2.42. The maximum absolute atomic E-state index is 5.58. The maximum atomic E-state index is 5.58. The van der Waals surface area contributed by atoms with Gasteiger partial charge in [0.1, 0.15) is 0 Å². The van der Waals surface area contributed by atoms with Gasteiger partial charge in [0, 0.05) is 6.04 Å². The van der Waals surface area contributed by atoms with E-state index in [0.717, 1.165) is 16.1 Å². The number of thiophene rings is 1. The number of hydrogen-bond donors (Lipinski definition) is 2. The van der Waals surface area contributed by atoms with Crippen LogP contribution in [0.1, 0.15) is 30.9 Å². The van der Waals surface area contributed by atoms with Crippen molar-refractivity contribution in [3.05, 3.63) is 19.2 Å². The Hall–Kier alpha value is 0.580. The van der Waals surface area contributed by atoms with E-state index in [2.05, 4.69) is 43.4 Å². The number of hydrazine groups is 1. The van der Waals surface area contributed by atoms with E-state index in [-0.39, 0.29) is 0 Å². The van der Waals surface area contributed by atoms with Crippen molar-refractivity contribution >= 4 is 43.2 Å². The standard InChI is InChI=1S/C9H12Br2N2S/c10-8-4-6(9(11)14-8)7(13-12)3-5-1-2-5/h4-5,7,13H,1-3,12H2. The van der Waals surface area contributed by atoms with Crippen molar-refractivity contribution in [2.24, 2.45) is 11.8 Å². The lowest BCUT2D eigenvalue weighted by Crippen LogP contribution is -2.28. The summed E-state index contributed by atoms with van der Waals surface area (Å²) >= 11 is 8.74. The van der Waals surface area contributed by atoms with Crippen LogP contribution in [0.25, 0.3) is 0 Å². The summed E-state index contributed by atoms with van der Waals surface area (Å²) in [5, 5.41) is 0. The van der Waals surface area contributed by atoms with Gasteiger partial charge >= 0.3 is 0 Å². The molecule has 1 heterocycles. The van der Waals surface area contributed by atoms with E-state index in [1.807, 2.05) is 0 Å². The lowest BCUT2D eigenvalue weighted by molar-refractivity contribution is 0.487. The second-order valence-corrected chi connectivity index (χ2v) is 7.43. The SMILES string of the molecule is NNC(CC1CC1)c1cc(Br)sc1Br. The van der Waals surface area contributed by atoms with Gasteiger partial charge in [-0.3, -0.25) is 11.3 Å². The molecule has 14 heavy (non-hydrogen) atoms. The molecule has 0 bridgehead atoms. The van der Waals surface area contributed by atoms with Gasteiger partial charge in [-0.15, -0.1) is 11.3 Å². The van der Waals surface area contributed by atoms with E-state index in [1.165, 1.54) is 22.2 Å². The van der Waals surface area contributed by atoms with E-state index in [4.69, 9.17) is 5.84 Å². The Balaban J connectivity index is 2.12. The molecule has 2 nitrogen and oxygen atoms in total. The van der Waals surface area contributed by atoms with Crippen LogP contribution in [0.5, 0.6) is 0 Å². The maximum Gasteiger partial charge on any atom is 0.0758 e. The highest BCUT2D eigenvalue weighted by Gasteiger charge is 2.27. The minimum absolute atomic E-state index is 0.291. The van der Waals surface area contributed by atoms with Crippen LogP contribution in [-0.2, 0) is 0 Å². The van der Waals surface area contributed by atoms with Crippen LogP contribution in [0.15, 0.2) is 13.6 Å². The molecule has 1 unspecified atom stereocenters. The normalized spacial score (nSPS) is 18.5. The predicted octanol–water partition coefficient (Wildman–Crippen LogP) is 3.58. The molecular weight excluding hydrogens is 328 g/mol. The Morgan fingerprint density at radius 3 is 2.71 bits per heavy atom. The van der Waals surface area contributed by atoms with Crippen LogP contribution in [-0.4, -0.2) is 0 Å². The lowest BCUT2D eigenvalue weighted by Gasteiger charge is -2.14. The fourth-order valence-electron chi connectivity index (χ4n) is 1.56. The van der Waals surface area contributed by atoms with Crippen LogP contribution < -0.4 is 11.3 Å². The van der Waals surface area contributed by atoms with Gasteiger partial charge in [0.15, 0.2) is 0 Å². The Kier molecular flexibility index (Phi) is 3.65. The van der Waals surface area contributed by atoms with Crippen molar-refractivity contribution in [1.82, 2.24) is 5.43 Å². The third-order valence-electron chi connectivity index (χ3n) is 2.53. The summed E-state index contributed by atoms with van der Waals surface area (Å²) < 4.78 is 2.32. The monoisotopic (exact) mass is 338 g/mol. The second kappa shape index (κ2) is 4.61. The quantitative estimate of drug-likeness (QED) is 0.650. The van der Waals surface area contributed by atoms with Crippen molar-refractivity contribution < 1.29 is 0 Å². The average Bonchev–Trinajstić information content (AvgIpc) is 2.89. The lowest BCUT2D eigenvalue weighted by atomic mass is 10.1. The first kappa shape index (κ1) is 11.1. The fourth-order valence-corrected chi connectivity index (χ4v) is 4.54. The first-order chi connectivity index (χ1) is 6.70. The Bertz CT molecular complexity index is 323. The second-order valence-electron chi connectivity index (χ2n) is 3.68. The average molecular weight is 340 g/mol. The van der Waals surface area contributed by atoms with E-state index in [9.17, 15) is 0 Å². The van der Waals surface area contributed by atoms with Gasteiger partial charge in [-0.05, 0) is 55.8 Å². The third-order valence-corrected chi connectivity index (χ3v) is 4.91. The summed E-state index contributed by atoms with van der Waals surface area (Å²) in [6.07, 6.45) is 3.88. The van der Waals surface area contributed by atoms with Crippen molar-refractivity contribution in [3.63, 3.8) is 0 Å². The van der Waals surface area contributed by atoms with E-state index >= 15 is 0 Å². The molecule has 0 aliphatic heterocycles. The van der Waals surface area contributed by atoms with Crippen molar-refractivity contribution in [2.45, 2.75) is 25.3 Å². The molecule has 1 atom stereocenters. The number of halogens is 2. The predicted molar refractivity (Wildman–Crippen MR) is 67.1 cm³/mol. The zero-order valence-corrected chi connectivity index (χ0v) is 11.6. The summed E-state index contributed by atoms with van der Waals surface area (Å²) in [7, 11) is 0. The van der Waals surface area contributed by atoms with Crippen LogP contribution in [0.2, 0.25) is 0 Å². The van der Waals surface area contributed by atoms with Gasteiger partial charge in [0.05, 0.1) is 7.57 Å². The zero-order chi connectivity index (χ0) is 10.1. The molecular formula is C9H12Br2N2S. The molecule has 3 N–H and O–H groups in total. The highest BCUT2D eigenvalue weighted by molar-refractivity contribution is 9.12. The number of hydrogen-bond acceptors (Lipinski definition) is 3. The van der Waals surface area contributed by atoms with Crippen molar-refractivity contribution in [1.29, 1.82) is 0 Å². The van der Waals surface area contributed by atoms with Crippen LogP contribution >= 0.6 is 43.2 Å². The van der Waals surface area contributed by atoms with Gasteiger partial charge in [-0.1, -0.05) is 12.8 Å². The molecule has 1 aliphatic carbocycles. The fraction of sp³-hybridized carbons (Fsp3) is 0.556. The number of rotatable bonds is 4. The molecule has 2 rings (SSSR count). The molecule has 78 valence electrons. The van der Waals surface area contributed by atoms with Crippen LogP contribution in [0, 0.1) is 5.92 Å². The number of nitrogens with two attached hydrogens (primary N) is 1. The zero-order valence-electron chi connectivity index (χ0n) is 7.59. The third kappa shape index (κ3) is 2.58. The van der Waals surface area contributed by atoms with E-state index in [0.29, 0.717) is 6.04 Å².